The highest BCUT2D eigenvalue weighted by Gasteiger charge is 2.17. The van der Waals surface area contributed by atoms with Crippen LogP contribution in [0.25, 0.3) is 11.0 Å². The molecule has 1 unspecified atom stereocenters. The number of hydrogen-bond acceptors (Lipinski definition) is 4. The second kappa shape index (κ2) is 5.49. The molecule has 1 atom stereocenters. The normalized spacial score (nSPS) is 12.3. The minimum atomic E-state index is -1.12. The van der Waals surface area contributed by atoms with Gasteiger partial charge >= 0.3 is 5.97 Å². The third-order valence-corrected chi connectivity index (χ3v) is 2.69. The number of imidazole rings is 1. The molecule has 0 bridgehead atoms. The minimum absolute atomic E-state index is 0.0916. The van der Waals surface area contributed by atoms with Gasteiger partial charge in [0.05, 0.1) is 23.9 Å². The summed E-state index contributed by atoms with van der Waals surface area (Å²) in [6, 6.07) is 4.99. The predicted molar refractivity (Wildman–Crippen MR) is 66.9 cm³/mol. The lowest BCUT2D eigenvalue weighted by Crippen LogP contribution is -2.37. The fraction of sp³-hybridized carbons (Fsp3) is 0.250. The molecule has 0 saturated carbocycles. The summed E-state index contributed by atoms with van der Waals surface area (Å²) in [5.74, 6) is -1.48. The number of carbonyl (C=O) groups is 2. The van der Waals surface area contributed by atoms with E-state index >= 15 is 0 Å². The van der Waals surface area contributed by atoms with E-state index < -0.39 is 12.1 Å². The Labute approximate surface area is 108 Å². The summed E-state index contributed by atoms with van der Waals surface area (Å²) in [7, 11) is 1.28. The number of rotatable bonds is 5. The Kier molecular flexibility index (Phi) is 3.76. The lowest BCUT2D eigenvalue weighted by molar-refractivity contribution is -0.148. The highest BCUT2D eigenvalue weighted by molar-refractivity contribution is 5.97. The van der Waals surface area contributed by atoms with E-state index in [9.17, 15) is 9.59 Å². The highest BCUT2D eigenvalue weighted by Crippen LogP contribution is 2.11. The molecule has 0 radical (unpaired) electrons. The van der Waals surface area contributed by atoms with Gasteiger partial charge in [-0.05, 0) is 18.2 Å². The topological polar surface area (TPSA) is 104 Å². The molecule has 2 rings (SSSR count). The summed E-state index contributed by atoms with van der Waals surface area (Å²) in [4.78, 5) is 29.5. The van der Waals surface area contributed by atoms with Crippen molar-refractivity contribution in [3.05, 3.63) is 30.1 Å². The number of fused-ring (bicyclic) bond motifs is 1. The number of H-pyrrole nitrogens is 1. The van der Waals surface area contributed by atoms with Crippen LogP contribution < -0.4 is 5.32 Å². The number of carboxylic acids is 1. The summed E-state index contributed by atoms with van der Waals surface area (Å²) in [5.41, 5.74) is 1.93. The van der Waals surface area contributed by atoms with Gasteiger partial charge in [-0.1, -0.05) is 0 Å². The number of nitrogens with one attached hydrogen (secondary N) is 2. The van der Waals surface area contributed by atoms with E-state index in [0.717, 1.165) is 11.0 Å². The molecule has 0 spiro atoms. The quantitative estimate of drug-likeness (QED) is 0.724. The summed E-state index contributed by atoms with van der Waals surface area (Å²) >= 11 is 0. The van der Waals surface area contributed by atoms with Crippen molar-refractivity contribution in [1.82, 2.24) is 15.3 Å². The minimum Gasteiger partial charge on any atom is -0.479 e. The van der Waals surface area contributed by atoms with Gasteiger partial charge in [-0.15, -0.1) is 0 Å². The van der Waals surface area contributed by atoms with Crippen molar-refractivity contribution in [3.8, 4) is 0 Å². The molecule has 0 aliphatic rings. The molecule has 7 heteroatoms. The van der Waals surface area contributed by atoms with Gasteiger partial charge in [-0.25, -0.2) is 9.78 Å². The molecule has 2 aromatic rings. The zero-order valence-corrected chi connectivity index (χ0v) is 10.2. The number of nitrogens with zero attached hydrogens (tertiary/aromatic N) is 1. The smallest absolute Gasteiger partial charge is 0.334 e. The van der Waals surface area contributed by atoms with Crippen molar-refractivity contribution in [2.45, 2.75) is 6.10 Å². The van der Waals surface area contributed by atoms with Crippen LogP contribution in [0.5, 0.6) is 0 Å². The molecule has 0 fully saturated rings. The molecule has 0 aliphatic heterocycles. The van der Waals surface area contributed by atoms with Crippen LogP contribution in [0.4, 0.5) is 0 Å². The molecule has 1 aromatic carbocycles. The van der Waals surface area contributed by atoms with E-state index in [1.54, 1.807) is 18.2 Å². The monoisotopic (exact) mass is 263 g/mol. The lowest BCUT2D eigenvalue weighted by atomic mass is 10.2. The summed E-state index contributed by atoms with van der Waals surface area (Å²) in [6.07, 6.45) is 0.484. The van der Waals surface area contributed by atoms with Crippen molar-refractivity contribution in [2.75, 3.05) is 13.7 Å². The molecule has 7 nitrogen and oxygen atoms in total. The number of benzene rings is 1. The summed E-state index contributed by atoms with van der Waals surface area (Å²) in [6.45, 7) is -0.0916. The van der Waals surface area contributed by atoms with Gasteiger partial charge in [-0.2, -0.15) is 0 Å². The van der Waals surface area contributed by atoms with Crippen LogP contribution in [0.3, 0.4) is 0 Å². The average Bonchev–Trinajstić information content (AvgIpc) is 2.85. The van der Waals surface area contributed by atoms with Gasteiger partial charge in [0.15, 0.2) is 6.10 Å². The van der Waals surface area contributed by atoms with Crippen LogP contribution in [0.1, 0.15) is 10.4 Å². The Balaban J connectivity index is 2.05. The van der Waals surface area contributed by atoms with Crippen molar-refractivity contribution in [3.63, 3.8) is 0 Å². The number of aromatic amines is 1. The van der Waals surface area contributed by atoms with Crippen LogP contribution in [0, 0.1) is 0 Å². The van der Waals surface area contributed by atoms with E-state index in [1.807, 2.05) is 0 Å². The molecule has 19 heavy (non-hydrogen) atoms. The molecular formula is C12H13N3O4. The Morgan fingerprint density at radius 1 is 1.53 bits per heavy atom. The predicted octanol–water partition coefficient (Wildman–Crippen LogP) is 0.392. The third kappa shape index (κ3) is 2.89. The fourth-order valence-corrected chi connectivity index (χ4v) is 1.64. The van der Waals surface area contributed by atoms with Crippen molar-refractivity contribution < 1.29 is 19.4 Å². The molecular weight excluding hydrogens is 250 g/mol. The standard InChI is InChI=1S/C12H13N3O4/c1-19-10(12(17)18)5-13-11(16)7-2-3-8-9(4-7)15-6-14-8/h2-4,6,10H,5H2,1H3,(H,13,16)(H,14,15)(H,17,18). The highest BCUT2D eigenvalue weighted by atomic mass is 16.5. The molecule has 0 saturated heterocycles. The molecule has 1 aromatic heterocycles. The third-order valence-electron chi connectivity index (χ3n) is 2.69. The van der Waals surface area contributed by atoms with E-state index in [-0.39, 0.29) is 12.5 Å². The Bertz CT molecular complexity index is 608. The largest absolute Gasteiger partial charge is 0.479 e. The van der Waals surface area contributed by atoms with Crippen molar-refractivity contribution >= 4 is 22.9 Å². The van der Waals surface area contributed by atoms with Gasteiger partial charge in [0.1, 0.15) is 0 Å². The SMILES string of the molecule is COC(CNC(=O)c1ccc2nc[nH]c2c1)C(=O)O. The molecule has 1 heterocycles. The van der Waals surface area contributed by atoms with Crippen LogP contribution in [0.15, 0.2) is 24.5 Å². The van der Waals surface area contributed by atoms with Gasteiger partial charge in [0, 0.05) is 12.7 Å². The average molecular weight is 263 g/mol. The maximum Gasteiger partial charge on any atom is 0.334 e. The maximum atomic E-state index is 11.9. The molecule has 1 amide bonds. The van der Waals surface area contributed by atoms with E-state index in [0.29, 0.717) is 5.56 Å². The number of amides is 1. The van der Waals surface area contributed by atoms with Crippen LogP contribution >= 0.6 is 0 Å². The first-order valence-corrected chi connectivity index (χ1v) is 5.58. The number of carbonyl (C=O) groups excluding carboxylic acids is 1. The van der Waals surface area contributed by atoms with Gasteiger partial charge in [0.2, 0.25) is 0 Å². The molecule has 100 valence electrons. The van der Waals surface area contributed by atoms with Crippen LogP contribution in [0.2, 0.25) is 0 Å². The van der Waals surface area contributed by atoms with Crippen molar-refractivity contribution in [1.29, 1.82) is 0 Å². The van der Waals surface area contributed by atoms with E-state index in [4.69, 9.17) is 9.84 Å². The second-order valence-corrected chi connectivity index (χ2v) is 3.91. The van der Waals surface area contributed by atoms with Gasteiger partial charge < -0.3 is 20.1 Å². The first-order valence-electron chi connectivity index (χ1n) is 5.58. The maximum absolute atomic E-state index is 11.9. The zero-order valence-electron chi connectivity index (χ0n) is 10.2. The number of hydrogen-bond donors (Lipinski definition) is 3. The number of aromatic nitrogens is 2. The molecule has 3 N–H and O–H groups in total. The van der Waals surface area contributed by atoms with Gasteiger partial charge in [0.25, 0.3) is 5.91 Å². The second-order valence-electron chi connectivity index (χ2n) is 3.91. The van der Waals surface area contributed by atoms with Gasteiger partial charge in [-0.3, -0.25) is 4.79 Å². The van der Waals surface area contributed by atoms with E-state index in [1.165, 1.54) is 13.4 Å². The number of ether oxygens (including phenoxy) is 1. The number of carboxylic acid groups (broad SMARTS) is 1. The van der Waals surface area contributed by atoms with Crippen LogP contribution in [-0.2, 0) is 9.53 Å². The molecule has 0 aliphatic carbocycles. The van der Waals surface area contributed by atoms with Crippen LogP contribution in [-0.4, -0.2) is 46.7 Å². The Morgan fingerprint density at radius 2 is 2.32 bits per heavy atom. The number of aliphatic carboxylic acids is 1. The number of methoxy groups -OCH3 is 1. The lowest BCUT2D eigenvalue weighted by Gasteiger charge is -2.11. The Morgan fingerprint density at radius 3 is 3.00 bits per heavy atom. The fourth-order valence-electron chi connectivity index (χ4n) is 1.64. The first-order chi connectivity index (χ1) is 9.11. The summed E-state index contributed by atoms with van der Waals surface area (Å²) < 4.78 is 4.73. The first kappa shape index (κ1) is 13.0. The zero-order chi connectivity index (χ0) is 13.8. The van der Waals surface area contributed by atoms with E-state index in [2.05, 4.69) is 15.3 Å². The Hall–Kier alpha value is -2.41. The summed E-state index contributed by atoms with van der Waals surface area (Å²) in [5, 5.41) is 11.3. The van der Waals surface area contributed by atoms with Crippen molar-refractivity contribution in [2.24, 2.45) is 0 Å².